The smallest absolute Gasteiger partial charge is 0.661 e. The Balaban J connectivity index is 0.00000387. The van der Waals surface area contributed by atoms with E-state index in [0.29, 0.717) is 0 Å². The van der Waals surface area contributed by atoms with E-state index in [1.54, 1.807) is 0 Å². The molecule has 0 saturated carbocycles. The number of nitrogens with zero attached hydrogens (tertiary/aromatic N) is 4. The molecular formula is C36H46N4Pt. The molecule has 0 aliphatic carbocycles. The Hall–Kier alpha value is -2.45. The molecular weight excluding hydrogens is 684 g/mol. The van der Waals surface area contributed by atoms with E-state index in [4.69, 9.17) is 20.0 Å². The van der Waals surface area contributed by atoms with Crippen molar-refractivity contribution in [3.63, 3.8) is 0 Å². The van der Waals surface area contributed by atoms with Gasteiger partial charge in [-0.1, -0.05) is 95.9 Å². The summed E-state index contributed by atoms with van der Waals surface area (Å²) in [4.78, 5) is 21.3. The van der Waals surface area contributed by atoms with E-state index < -0.39 is 0 Å². The predicted octanol–water partition coefficient (Wildman–Crippen LogP) is 6.52. The van der Waals surface area contributed by atoms with E-state index in [9.17, 15) is 0 Å². The second kappa shape index (κ2) is 13.2. The minimum atomic E-state index is 0. The summed E-state index contributed by atoms with van der Waals surface area (Å²) < 4.78 is 0. The molecule has 4 nitrogen and oxygen atoms in total. The SMILES string of the molecule is CCC1=C(CC)/C2=C/c3[n-]c(c(CC)c3CC)CC3N=C(/C=c4\[n-]/c(c(CC)c4CC)=C\C1=N2)C(CC)=C3CC.[Pt+2]. The van der Waals surface area contributed by atoms with Gasteiger partial charge in [-0.15, -0.1) is 16.4 Å². The molecule has 3 aliphatic heterocycles. The van der Waals surface area contributed by atoms with Crippen molar-refractivity contribution in [3.8, 4) is 0 Å². The average molecular weight is 730 g/mol. The molecule has 5 heterocycles. The summed E-state index contributed by atoms with van der Waals surface area (Å²) in [6, 6.07) is 0.148. The third-order valence-corrected chi connectivity index (χ3v) is 9.18. The maximum atomic E-state index is 5.39. The van der Waals surface area contributed by atoms with Gasteiger partial charge in [0.2, 0.25) is 0 Å². The first-order valence-corrected chi connectivity index (χ1v) is 15.8. The molecule has 1 atom stereocenters. The summed E-state index contributed by atoms with van der Waals surface area (Å²) in [7, 11) is 0. The predicted molar refractivity (Wildman–Crippen MR) is 171 cm³/mol. The zero-order valence-corrected chi connectivity index (χ0v) is 28.6. The van der Waals surface area contributed by atoms with Crippen LogP contribution in [-0.4, -0.2) is 17.5 Å². The minimum Gasteiger partial charge on any atom is -0.661 e. The number of fused-ring (bicyclic) bond motifs is 6. The monoisotopic (exact) mass is 729 g/mol. The second-order valence-corrected chi connectivity index (χ2v) is 11.1. The van der Waals surface area contributed by atoms with E-state index in [2.05, 4.69) is 73.6 Å². The van der Waals surface area contributed by atoms with Crippen LogP contribution in [0.2, 0.25) is 0 Å². The third kappa shape index (κ3) is 5.42. The van der Waals surface area contributed by atoms with Crippen LogP contribution in [0.3, 0.4) is 0 Å². The second-order valence-electron chi connectivity index (χ2n) is 11.1. The first-order chi connectivity index (χ1) is 19.5. The van der Waals surface area contributed by atoms with E-state index in [0.717, 1.165) is 91.3 Å². The van der Waals surface area contributed by atoms with Crippen molar-refractivity contribution in [3.05, 3.63) is 72.3 Å². The molecule has 2 aromatic heterocycles. The fourth-order valence-corrected chi connectivity index (χ4v) is 7.32. The van der Waals surface area contributed by atoms with Crippen LogP contribution in [0, 0.1) is 0 Å². The quantitative estimate of drug-likeness (QED) is 0.311. The van der Waals surface area contributed by atoms with Gasteiger partial charge in [-0.05, 0) is 80.1 Å². The molecule has 0 radical (unpaired) electrons. The van der Waals surface area contributed by atoms with E-state index in [1.807, 2.05) is 0 Å². The van der Waals surface area contributed by atoms with E-state index in [1.165, 1.54) is 50.2 Å². The Morgan fingerprint density at radius 2 is 1.20 bits per heavy atom. The molecule has 0 amide bonds. The third-order valence-electron chi connectivity index (χ3n) is 9.18. The summed E-state index contributed by atoms with van der Waals surface area (Å²) in [5, 5.41) is 2.16. The van der Waals surface area contributed by atoms with Crippen molar-refractivity contribution in [2.75, 3.05) is 0 Å². The molecule has 5 heteroatoms. The van der Waals surface area contributed by atoms with Gasteiger partial charge < -0.3 is 9.97 Å². The number of hydrogen-bond acceptors (Lipinski definition) is 2. The largest absolute Gasteiger partial charge is 2.00 e. The number of aliphatic imine (C=N–C) groups is 2. The topological polar surface area (TPSA) is 52.9 Å². The number of aromatic nitrogens is 2. The van der Waals surface area contributed by atoms with Crippen LogP contribution in [0.1, 0.15) is 115 Å². The van der Waals surface area contributed by atoms with E-state index >= 15 is 0 Å². The van der Waals surface area contributed by atoms with Gasteiger partial charge in [0.15, 0.2) is 0 Å². The summed E-state index contributed by atoms with van der Waals surface area (Å²) in [6.45, 7) is 18.1. The van der Waals surface area contributed by atoms with E-state index in [-0.39, 0.29) is 27.1 Å². The Kier molecular flexibility index (Phi) is 10.2. The molecule has 0 fully saturated rings. The zero-order chi connectivity index (χ0) is 28.6. The van der Waals surface area contributed by atoms with Gasteiger partial charge in [0.1, 0.15) is 0 Å². The van der Waals surface area contributed by atoms with Crippen molar-refractivity contribution in [2.24, 2.45) is 9.98 Å². The Labute approximate surface area is 261 Å². The van der Waals surface area contributed by atoms with Crippen molar-refractivity contribution in [2.45, 2.75) is 119 Å². The van der Waals surface area contributed by atoms with Crippen LogP contribution in [0.5, 0.6) is 0 Å². The molecule has 0 aromatic carbocycles. The average Bonchev–Trinajstić information content (AvgIpc) is 3.67. The van der Waals surface area contributed by atoms with Gasteiger partial charge in [0.05, 0.1) is 23.2 Å². The fourth-order valence-electron chi connectivity index (χ4n) is 7.32. The summed E-state index contributed by atoms with van der Waals surface area (Å²) in [5.41, 5.74) is 16.7. The Morgan fingerprint density at radius 3 is 1.73 bits per heavy atom. The van der Waals surface area contributed by atoms with Crippen LogP contribution in [-0.2, 0) is 53.2 Å². The molecule has 220 valence electrons. The van der Waals surface area contributed by atoms with Crippen molar-refractivity contribution in [1.29, 1.82) is 0 Å². The standard InChI is InChI=1S/C36H46N4.Pt/c1-9-21-22(10-2)30-18-32-25(13-5)26(14-6)34(39-32)20-36-28(16-8)27(15-7)35(40-36)19-33-24(12-4)23(11-3)31(38-33)17-29(21)37-30;/h17-19,34H,9-16,20H2,1-8H3;/q-2;+2/b29-17-,30-18-,33-19-;. The van der Waals surface area contributed by atoms with Gasteiger partial charge in [0, 0.05) is 0 Å². The zero-order valence-electron chi connectivity index (χ0n) is 26.3. The number of allylic oxidation sites excluding steroid dienone is 3. The summed E-state index contributed by atoms with van der Waals surface area (Å²) in [5.74, 6) is 0. The van der Waals surface area contributed by atoms with Crippen LogP contribution < -0.4 is 20.7 Å². The summed E-state index contributed by atoms with van der Waals surface area (Å²) >= 11 is 0. The van der Waals surface area contributed by atoms with Crippen LogP contribution >= 0.6 is 0 Å². The molecule has 0 saturated heterocycles. The van der Waals surface area contributed by atoms with Gasteiger partial charge in [-0.2, -0.15) is 5.69 Å². The maximum Gasteiger partial charge on any atom is 2.00 e. The first kappa shape index (κ1) is 31.5. The number of hydrogen-bond donors (Lipinski definition) is 0. The minimum absolute atomic E-state index is 0. The molecule has 3 aliphatic rings. The van der Waals surface area contributed by atoms with Crippen LogP contribution in [0.4, 0.5) is 0 Å². The van der Waals surface area contributed by atoms with Crippen molar-refractivity contribution >= 4 is 29.7 Å². The molecule has 0 spiro atoms. The van der Waals surface area contributed by atoms with Crippen LogP contribution in [0.15, 0.2) is 38.0 Å². The van der Waals surface area contributed by atoms with Crippen molar-refractivity contribution < 1.29 is 21.1 Å². The first-order valence-electron chi connectivity index (χ1n) is 15.8. The number of rotatable bonds is 8. The van der Waals surface area contributed by atoms with Gasteiger partial charge in [0.25, 0.3) is 0 Å². The van der Waals surface area contributed by atoms with Gasteiger partial charge in [-0.3, -0.25) is 4.99 Å². The molecule has 8 bridgehead atoms. The maximum absolute atomic E-state index is 5.39. The molecule has 2 aromatic rings. The molecule has 5 rings (SSSR count). The van der Waals surface area contributed by atoms with Gasteiger partial charge >= 0.3 is 21.1 Å². The Bertz CT molecular complexity index is 1600. The normalized spacial score (nSPS) is 21.1. The molecule has 41 heavy (non-hydrogen) atoms. The molecule has 1 unspecified atom stereocenters. The Morgan fingerprint density at radius 1 is 0.610 bits per heavy atom. The summed E-state index contributed by atoms with van der Waals surface area (Å²) in [6.07, 6.45) is 15.5. The van der Waals surface area contributed by atoms with Crippen LogP contribution in [0.25, 0.3) is 18.2 Å². The van der Waals surface area contributed by atoms with Gasteiger partial charge in [-0.25, -0.2) is 4.99 Å². The molecule has 0 N–H and O–H groups in total. The fraction of sp³-hybridized carbons (Fsp3) is 0.500. The van der Waals surface area contributed by atoms with Crippen molar-refractivity contribution in [1.82, 2.24) is 9.97 Å².